The van der Waals surface area contributed by atoms with Crippen LogP contribution in [0.25, 0.3) is 11.0 Å². The fraction of sp³-hybridized carbons (Fsp3) is 0.474. The minimum atomic E-state index is -0.126. The highest BCUT2D eigenvalue weighted by Crippen LogP contribution is 2.59. The summed E-state index contributed by atoms with van der Waals surface area (Å²) in [5.41, 5.74) is 3.23. The maximum atomic E-state index is 12.6. The van der Waals surface area contributed by atoms with Gasteiger partial charge < -0.3 is 10.3 Å². The zero-order chi connectivity index (χ0) is 16.8. The Bertz CT molecular complexity index is 735. The first-order chi connectivity index (χ1) is 10.8. The first kappa shape index (κ1) is 15.8. The molecular formula is C19H25N3O. The highest BCUT2D eigenvalue weighted by molar-refractivity contribution is 5.84. The molecule has 23 heavy (non-hydrogen) atoms. The molecule has 3 rings (SSSR count). The zero-order valence-electron chi connectivity index (χ0n) is 14.5. The quantitative estimate of drug-likeness (QED) is 0.839. The highest BCUT2D eigenvalue weighted by atomic mass is 16.2. The molecule has 1 aromatic carbocycles. The van der Waals surface area contributed by atoms with Crippen molar-refractivity contribution >= 4 is 16.9 Å². The standard InChI is InChI=1S/C19H25N3O/c1-11(2)10-13-16(19(13,4)5)18(23)20-12(3)17-21-14-8-6-7-9-15(14)22-17/h6-10,12-13,16H,1-5H3,(H,20,23)(H,21,22). The third-order valence-electron chi connectivity index (χ3n) is 4.88. The Labute approximate surface area is 137 Å². The highest BCUT2D eigenvalue weighted by Gasteiger charge is 2.60. The van der Waals surface area contributed by atoms with Crippen LogP contribution in [0.2, 0.25) is 0 Å². The molecule has 1 aliphatic rings. The van der Waals surface area contributed by atoms with Gasteiger partial charge in [-0.05, 0) is 44.2 Å². The number of benzene rings is 1. The Morgan fingerprint density at radius 2 is 2.04 bits per heavy atom. The SMILES string of the molecule is CC(C)=CC1C(C(=O)NC(C)c2nc3ccccc3[nH]2)C1(C)C. The number of nitrogens with one attached hydrogen (secondary N) is 2. The molecule has 1 saturated carbocycles. The summed E-state index contributed by atoms with van der Waals surface area (Å²) in [5.74, 6) is 1.29. The normalized spacial score (nSPS) is 23.3. The number of H-pyrrole nitrogens is 1. The van der Waals surface area contributed by atoms with E-state index in [0.29, 0.717) is 5.92 Å². The number of fused-ring (bicyclic) bond motifs is 1. The van der Waals surface area contributed by atoms with Crippen molar-refractivity contribution in [2.45, 2.75) is 40.7 Å². The summed E-state index contributed by atoms with van der Waals surface area (Å²) < 4.78 is 0. The predicted molar refractivity (Wildman–Crippen MR) is 92.8 cm³/mol. The summed E-state index contributed by atoms with van der Waals surface area (Å²) in [6.45, 7) is 10.5. The molecule has 2 N–H and O–H groups in total. The van der Waals surface area contributed by atoms with E-state index in [0.717, 1.165) is 16.9 Å². The van der Waals surface area contributed by atoms with E-state index in [1.165, 1.54) is 5.57 Å². The van der Waals surface area contributed by atoms with E-state index in [4.69, 9.17) is 0 Å². The van der Waals surface area contributed by atoms with E-state index >= 15 is 0 Å². The number of para-hydroxylation sites is 2. The summed E-state index contributed by atoms with van der Waals surface area (Å²) >= 11 is 0. The van der Waals surface area contributed by atoms with Gasteiger partial charge in [0, 0.05) is 0 Å². The molecule has 0 saturated heterocycles. The molecule has 4 heteroatoms. The van der Waals surface area contributed by atoms with Crippen LogP contribution in [-0.4, -0.2) is 15.9 Å². The third kappa shape index (κ3) is 2.90. The van der Waals surface area contributed by atoms with E-state index in [1.807, 2.05) is 31.2 Å². The molecular weight excluding hydrogens is 286 g/mol. The van der Waals surface area contributed by atoms with Crippen LogP contribution in [0.3, 0.4) is 0 Å². The zero-order valence-corrected chi connectivity index (χ0v) is 14.5. The van der Waals surface area contributed by atoms with Gasteiger partial charge in [-0.1, -0.05) is 37.6 Å². The van der Waals surface area contributed by atoms with E-state index in [-0.39, 0.29) is 23.3 Å². The largest absolute Gasteiger partial charge is 0.346 e. The minimum Gasteiger partial charge on any atom is -0.346 e. The van der Waals surface area contributed by atoms with Gasteiger partial charge in [0.1, 0.15) is 5.82 Å². The van der Waals surface area contributed by atoms with E-state index in [1.54, 1.807) is 0 Å². The monoisotopic (exact) mass is 311 g/mol. The van der Waals surface area contributed by atoms with Gasteiger partial charge >= 0.3 is 0 Å². The molecule has 4 nitrogen and oxygen atoms in total. The van der Waals surface area contributed by atoms with Crippen molar-refractivity contribution in [2.24, 2.45) is 17.3 Å². The molecule has 0 bridgehead atoms. The number of nitrogens with zero attached hydrogens (tertiary/aromatic N) is 1. The number of hydrogen-bond acceptors (Lipinski definition) is 2. The second kappa shape index (κ2) is 5.52. The lowest BCUT2D eigenvalue weighted by Gasteiger charge is -2.12. The average Bonchev–Trinajstić information content (AvgIpc) is 2.85. The number of hydrogen-bond donors (Lipinski definition) is 2. The summed E-state index contributed by atoms with van der Waals surface area (Å²) in [6.07, 6.45) is 2.22. The Kier molecular flexibility index (Phi) is 3.78. The number of aromatic amines is 1. The topological polar surface area (TPSA) is 57.8 Å². The van der Waals surface area contributed by atoms with Gasteiger partial charge in [-0.3, -0.25) is 4.79 Å². The Hall–Kier alpha value is -2.10. The van der Waals surface area contributed by atoms with Crippen LogP contribution < -0.4 is 5.32 Å². The lowest BCUT2D eigenvalue weighted by atomic mass is 10.1. The molecule has 0 aliphatic heterocycles. The molecule has 1 amide bonds. The number of imidazole rings is 1. The fourth-order valence-corrected chi connectivity index (χ4v) is 3.40. The first-order valence-corrected chi connectivity index (χ1v) is 8.20. The number of aromatic nitrogens is 2. The number of amides is 1. The fourth-order valence-electron chi connectivity index (χ4n) is 3.40. The van der Waals surface area contributed by atoms with Crippen molar-refractivity contribution in [1.29, 1.82) is 0 Å². The van der Waals surface area contributed by atoms with E-state index in [9.17, 15) is 4.79 Å². The lowest BCUT2D eigenvalue weighted by Crippen LogP contribution is -2.30. The summed E-state index contributed by atoms with van der Waals surface area (Å²) in [7, 11) is 0. The van der Waals surface area contributed by atoms with Gasteiger partial charge in [-0.15, -0.1) is 0 Å². The molecule has 1 aliphatic carbocycles. The van der Waals surface area contributed by atoms with Crippen LogP contribution in [0.15, 0.2) is 35.9 Å². The number of allylic oxidation sites excluding steroid dienone is 2. The molecule has 3 unspecified atom stereocenters. The van der Waals surface area contributed by atoms with Gasteiger partial charge in [0.05, 0.1) is 23.0 Å². The maximum absolute atomic E-state index is 12.6. The van der Waals surface area contributed by atoms with Crippen LogP contribution in [0.1, 0.15) is 46.5 Å². The minimum absolute atomic E-state index is 0.0367. The van der Waals surface area contributed by atoms with Gasteiger partial charge in [-0.2, -0.15) is 0 Å². The number of carbonyl (C=O) groups excluding carboxylic acids is 1. The van der Waals surface area contributed by atoms with Gasteiger partial charge in [0.25, 0.3) is 0 Å². The molecule has 3 atom stereocenters. The van der Waals surface area contributed by atoms with Crippen molar-refractivity contribution in [3.8, 4) is 0 Å². The van der Waals surface area contributed by atoms with Crippen molar-refractivity contribution in [3.63, 3.8) is 0 Å². The average molecular weight is 311 g/mol. The number of carbonyl (C=O) groups is 1. The van der Waals surface area contributed by atoms with Crippen molar-refractivity contribution < 1.29 is 4.79 Å². The maximum Gasteiger partial charge on any atom is 0.224 e. The second-order valence-electron chi connectivity index (χ2n) is 7.44. The van der Waals surface area contributed by atoms with Crippen molar-refractivity contribution in [3.05, 3.63) is 41.7 Å². The molecule has 122 valence electrons. The smallest absolute Gasteiger partial charge is 0.224 e. The Morgan fingerprint density at radius 3 is 2.70 bits per heavy atom. The van der Waals surface area contributed by atoms with E-state index in [2.05, 4.69) is 49.1 Å². The molecule has 1 aromatic heterocycles. The Balaban J connectivity index is 1.71. The molecule has 0 spiro atoms. The molecule has 2 aromatic rings. The second-order valence-corrected chi connectivity index (χ2v) is 7.44. The van der Waals surface area contributed by atoms with Crippen molar-refractivity contribution in [2.75, 3.05) is 0 Å². The summed E-state index contributed by atoms with van der Waals surface area (Å²) in [6, 6.07) is 7.78. The third-order valence-corrected chi connectivity index (χ3v) is 4.88. The summed E-state index contributed by atoms with van der Waals surface area (Å²) in [4.78, 5) is 20.5. The van der Waals surface area contributed by atoms with Crippen LogP contribution >= 0.6 is 0 Å². The number of rotatable bonds is 4. The van der Waals surface area contributed by atoms with Gasteiger partial charge in [0.15, 0.2) is 0 Å². The summed E-state index contributed by atoms with van der Waals surface area (Å²) in [5, 5.41) is 3.12. The van der Waals surface area contributed by atoms with Gasteiger partial charge in [0.2, 0.25) is 5.91 Å². The van der Waals surface area contributed by atoms with Crippen LogP contribution in [0.5, 0.6) is 0 Å². The van der Waals surface area contributed by atoms with E-state index < -0.39 is 0 Å². The predicted octanol–water partition coefficient (Wildman–Crippen LogP) is 3.98. The first-order valence-electron chi connectivity index (χ1n) is 8.20. The van der Waals surface area contributed by atoms with Crippen LogP contribution in [0, 0.1) is 17.3 Å². The van der Waals surface area contributed by atoms with Crippen molar-refractivity contribution in [1.82, 2.24) is 15.3 Å². The molecule has 0 radical (unpaired) electrons. The molecule has 1 heterocycles. The van der Waals surface area contributed by atoms with Crippen LogP contribution in [-0.2, 0) is 4.79 Å². The van der Waals surface area contributed by atoms with Crippen LogP contribution in [0.4, 0.5) is 0 Å². The van der Waals surface area contributed by atoms with Gasteiger partial charge in [-0.25, -0.2) is 4.98 Å². The lowest BCUT2D eigenvalue weighted by molar-refractivity contribution is -0.123. The molecule has 1 fully saturated rings. The Morgan fingerprint density at radius 1 is 1.35 bits per heavy atom.